The van der Waals surface area contributed by atoms with Crippen LogP contribution in [-0.2, 0) is 0 Å². The lowest BCUT2D eigenvalue weighted by molar-refractivity contribution is 0.424. The topological polar surface area (TPSA) is 99.4 Å². The summed E-state index contributed by atoms with van der Waals surface area (Å²) < 4.78 is 10.3. The highest BCUT2D eigenvalue weighted by Gasteiger charge is 2.05. The SMILES string of the molecule is Oc1cc(O)cc(OBOc2cc(O)cc(O)c2)c1. The van der Waals surface area contributed by atoms with E-state index >= 15 is 0 Å². The summed E-state index contributed by atoms with van der Waals surface area (Å²) in [6.07, 6.45) is 0. The van der Waals surface area contributed by atoms with Crippen molar-refractivity contribution in [1.29, 1.82) is 0 Å². The maximum absolute atomic E-state index is 9.24. The van der Waals surface area contributed by atoms with Gasteiger partial charge in [-0.05, 0) is 0 Å². The van der Waals surface area contributed by atoms with Crippen molar-refractivity contribution >= 4 is 7.69 Å². The zero-order valence-electron chi connectivity index (χ0n) is 9.78. The minimum atomic E-state index is -0.216. The Bertz CT molecular complexity index is 494. The fourth-order valence-electron chi connectivity index (χ4n) is 1.47. The second-order valence-corrected chi connectivity index (χ2v) is 3.78. The molecule has 0 atom stereocenters. The molecule has 0 saturated carbocycles. The lowest BCUT2D eigenvalue weighted by atomic mass is 10.2. The molecule has 0 radical (unpaired) electrons. The highest BCUT2D eigenvalue weighted by Crippen LogP contribution is 2.27. The summed E-state index contributed by atoms with van der Waals surface area (Å²) in [5, 5.41) is 36.9. The van der Waals surface area contributed by atoms with E-state index in [2.05, 4.69) is 0 Å². The molecular weight excluding hydrogens is 251 g/mol. The third-order valence-electron chi connectivity index (χ3n) is 2.20. The van der Waals surface area contributed by atoms with Gasteiger partial charge in [-0.2, -0.15) is 0 Å². The van der Waals surface area contributed by atoms with Crippen molar-refractivity contribution in [2.75, 3.05) is 0 Å². The van der Waals surface area contributed by atoms with E-state index in [4.69, 9.17) is 9.31 Å². The number of hydrogen-bond donors (Lipinski definition) is 4. The van der Waals surface area contributed by atoms with Crippen LogP contribution >= 0.6 is 0 Å². The van der Waals surface area contributed by atoms with Crippen LogP contribution in [0.5, 0.6) is 34.5 Å². The van der Waals surface area contributed by atoms with Gasteiger partial charge in [-0.15, -0.1) is 0 Å². The molecule has 98 valence electrons. The summed E-state index contributed by atoms with van der Waals surface area (Å²) >= 11 is 0. The molecule has 0 fully saturated rings. The van der Waals surface area contributed by atoms with Gasteiger partial charge in [0.2, 0.25) is 0 Å². The normalized spacial score (nSPS) is 9.89. The van der Waals surface area contributed by atoms with Gasteiger partial charge in [-0.25, -0.2) is 0 Å². The Labute approximate surface area is 109 Å². The zero-order valence-corrected chi connectivity index (χ0v) is 9.78. The first kappa shape index (κ1) is 12.8. The van der Waals surface area contributed by atoms with Crippen LogP contribution in [0, 0.1) is 0 Å². The van der Waals surface area contributed by atoms with Crippen molar-refractivity contribution in [1.82, 2.24) is 0 Å². The molecular formula is C12H11BO6. The third kappa shape index (κ3) is 3.63. The summed E-state index contributed by atoms with van der Waals surface area (Å²) in [5.41, 5.74) is 0. The maximum atomic E-state index is 9.24. The number of benzene rings is 2. The summed E-state index contributed by atoms with van der Waals surface area (Å²) in [6.45, 7) is 0. The van der Waals surface area contributed by atoms with Gasteiger partial charge >= 0.3 is 7.69 Å². The minimum Gasteiger partial charge on any atom is -0.528 e. The second-order valence-electron chi connectivity index (χ2n) is 3.78. The van der Waals surface area contributed by atoms with E-state index in [0.717, 1.165) is 0 Å². The summed E-state index contributed by atoms with van der Waals surface area (Å²) in [6, 6.07) is 7.57. The monoisotopic (exact) mass is 262 g/mol. The molecule has 0 aliphatic carbocycles. The number of aromatic hydroxyl groups is 4. The summed E-state index contributed by atoms with van der Waals surface area (Å²) in [4.78, 5) is 0. The van der Waals surface area contributed by atoms with Crippen LogP contribution in [-0.4, -0.2) is 28.1 Å². The van der Waals surface area contributed by atoms with Crippen LogP contribution in [0.2, 0.25) is 0 Å². The smallest absolute Gasteiger partial charge is 0.528 e. The molecule has 0 amide bonds. The Kier molecular flexibility index (Phi) is 3.56. The molecule has 6 nitrogen and oxygen atoms in total. The number of phenols is 4. The van der Waals surface area contributed by atoms with E-state index in [1.165, 1.54) is 36.4 Å². The Hall–Kier alpha value is -2.70. The molecule has 0 unspecified atom stereocenters. The standard InChI is InChI=1S/C12H11BO6/c14-7-1-8(15)4-11(3-7)18-13-19-12-5-9(16)2-10(17)6-12/h1-6,13-17H. The van der Waals surface area contributed by atoms with E-state index in [1.807, 2.05) is 0 Å². The van der Waals surface area contributed by atoms with Crippen LogP contribution in [0.4, 0.5) is 0 Å². The maximum Gasteiger partial charge on any atom is 0.576 e. The van der Waals surface area contributed by atoms with Crippen LogP contribution in [0.1, 0.15) is 0 Å². The largest absolute Gasteiger partial charge is 0.576 e. The lowest BCUT2D eigenvalue weighted by Gasteiger charge is -2.08. The second kappa shape index (κ2) is 5.30. The minimum absolute atomic E-state index is 0.134. The Morgan fingerprint density at radius 2 is 0.895 bits per heavy atom. The number of rotatable bonds is 4. The average Bonchev–Trinajstić information content (AvgIpc) is 2.26. The first-order chi connectivity index (χ1) is 9.02. The highest BCUT2D eigenvalue weighted by atomic mass is 16.6. The van der Waals surface area contributed by atoms with Gasteiger partial charge < -0.3 is 29.7 Å². The molecule has 2 aromatic rings. The van der Waals surface area contributed by atoms with E-state index in [0.29, 0.717) is 0 Å². The fraction of sp³-hybridized carbons (Fsp3) is 0. The van der Waals surface area contributed by atoms with Crippen LogP contribution in [0.25, 0.3) is 0 Å². The Morgan fingerprint density at radius 1 is 0.579 bits per heavy atom. The Morgan fingerprint density at radius 3 is 1.21 bits per heavy atom. The van der Waals surface area contributed by atoms with Crippen molar-refractivity contribution < 1.29 is 29.7 Å². The van der Waals surface area contributed by atoms with Crippen molar-refractivity contribution in [3.05, 3.63) is 36.4 Å². The molecule has 0 aliphatic heterocycles. The summed E-state index contributed by atoms with van der Waals surface area (Å²) in [7, 11) is -0.216. The molecule has 19 heavy (non-hydrogen) atoms. The lowest BCUT2D eigenvalue weighted by Crippen LogP contribution is -2.10. The predicted octanol–water partition coefficient (Wildman–Crippen LogP) is 1.23. The van der Waals surface area contributed by atoms with E-state index in [1.54, 1.807) is 0 Å². The third-order valence-corrected chi connectivity index (χ3v) is 2.20. The predicted molar refractivity (Wildman–Crippen MR) is 67.9 cm³/mol. The quantitative estimate of drug-likeness (QED) is 0.618. The molecule has 0 spiro atoms. The number of phenolic OH excluding ortho intramolecular Hbond substituents is 4. The van der Waals surface area contributed by atoms with Gasteiger partial charge in [-0.1, -0.05) is 0 Å². The van der Waals surface area contributed by atoms with Crippen molar-refractivity contribution in [3.63, 3.8) is 0 Å². The molecule has 2 aromatic carbocycles. The van der Waals surface area contributed by atoms with Crippen LogP contribution in [0.15, 0.2) is 36.4 Å². The molecule has 0 heterocycles. The molecule has 0 saturated heterocycles. The molecule has 4 N–H and O–H groups in total. The van der Waals surface area contributed by atoms with E-state index in [-0.39, 0.29) is 42.2 Å². The highest BCUT2D eigenvalue weighted by molar-refractivity contribution is 6.20. The average molecular weight is 262 g/mol. The first-order valence-electron chi connectivity index (χ1n) is 5.34. The molecule has 2 rings (SSSR count). The van der Waals surface area contributed by atoms with Crippen LogP contribution in [0.3, 0.4) is 0 Å². The van der Waals surface area contributed by atoms with Gasteiger partial charge in [-0.3, -0.25) is 0 Å². The van der Waals surface area contributed by atoms with Crippen molar-refractivity contribution in [2.24, 2.45) is 0 Å². The molecule has 7 heteroatoms. The molecule has 0 aliphatic rings. The van der Waals surface area contributed by atoms with Crippen molar-refractivity contribution in [3.8, 4) is 34.5 Å². The van der Waals surface area contributed by atoms with E-state index < -0.39 is 0 Å². The fourth-order valence-corrected chi connectivity index (χ4v) is 1.47. The first-order valence-corrected chi connectivity index (χ1v) is 5.34. The van der Waals surface area contributed by atoms with Gasteiger partial charge in [0, 0.05) is 36.4 Å². The summed E-state index contributed by atoms with van der Waals surface area (Å²) in [5.74, 6) is -0.0891. The van der Waals surface area contributed by atoms with Crippen molar-refractivity contribution in [2.45, 2.75) is 0 Å². The van der Waals surface area contributed by atoms with E-state index in [9.17, 15) is 20.4 Å². The molecule has 0 bridgehead atoms. The number of hydrogen-bond acceptors (Lipinski definition) is 6. The van der Waals surface area contributed by atoms with Crippen LogP contribution < -0.4 is 9.31 Å². The zero-order chi connectivity index (χ0) is 13.8. The molecule has 0 aromatic heterocycles. The van der Waals surface area contributed by atoms with Gasteiger partial charge in [0.1, 0.15) is 34.5 Å². The van der Waals surface area contributed by atoms with Gasteiger partial charge in [0.05, 0.1) is 0 Å². The Balaban J connectivity index is 1.96. The van der Waals surface area contributed by atoms with Gasteiger partial charge in [0.25, 0.3) is 0 Å². The van der Waals surface area contributed by atoms with Gasteiger partial charge in [0.15, 0.2) is 0 Å².